The van der Waals surface area contributed by atoms with Crippen molar-refractivity contribution in [2.24, 2.45) is 0 Å². The lowest BCUT2D eigenvalue weighted by molar-refractivity contribution is 0.495. The molecule has 2 aromatic rings. The molecule has 0 saturated heterocycles. The first-order valence-electron chi connectivity index (χ1n) is 11.2. The van der Waals surface area contributed by atoms with E-state index in [4.69, 9.17) is 4.98 Å². The summed E-state index contributed by atoms with van der Waals surface area (Å²) in [5, 5.41) is 1.22. The van der Waals surface area contributed by atoms with E-state index in [1.165, 1.54) is 38.8 Å². The van der Waals surface area contributed by atoms with Crippen LogP contribution >= 0.6 is 0 Å². The normalized spacial score (nSPS) is 22.3. The van der Waals surface area contributed by atoms with Crippen molar-refractivity contribution in [2.75, 3.05) is 0 Å². The zero-order valence-corrected chi connectivity index (χ0v) is 17.9. The fourth-order valence-electron chi connectivity index (χ4n) is 6.13. The van der Waals surface area contributed by atoms with E-state index < -0.39 is 0 Å². The number of benzene rings is 1. The summed E-state index contributed by atoms with van der Waals surface area (Å²) in [7, 11) is 0. The molecule has 0 fully saturated rings. The minimum atomic E-state index is -0.128. The molecule has 2 aliphatic heterocycles. The van der Waals surface area contributed by atoms with Gasteiger partial charge in [-0.25, -0.2) is 9.37 Å². The van der Waals surface area contributed by atoms with Gasteiger partial charge in [-0.3, -0.25) is 0 Å². The smallest absolute Gasteiger partial charge is 0.128 e. The van der Waals surface area contributed by atoms with Crippen molar-refractivity contribution in [3.63, 3.8) is 0 Å². The summed E-state index contributed by atoms with van der Waals surface area (Å²) >= 11 is 0. The number of pyridine rings is 1. The van der Waals surface area contributed by atoms with Gasteiger partial charge in [-0.15, -0.1) is 0 Å². The van der Waals surface area contributed by atoms with Crippen LogP contribution < -0.4 is 0 Å². The summed E-state index contributed by atoms with van der Waals surface area (Å²) in [4.78, 5) is 7.42. The van der Waals surface area contributed by atoms with Crippen molar-refractivity contribution in [1.82, 2.24) is 9.88 Å². The van der Waals surface area contributed by atoms with Crippen molar-refractivity contribution in [1.29, 1.82) is 0 Å². The highest BCUT2D eigenvalue weighted by Crippen LogP contribution is 2.50. The van der Waals surface area contributed by atoms with E-state index in [-0.39, 0.29) is 5.82 Å². The van der Waals surface area contributed by atoms with E-state index in [9.17, 15) is 4.39 Å². The molecule has 1 unspecified atom stereocenters. The van der Waals surface area contributed by atoms with Gasteiger partial charge in [0.2, 0.25) is 0 Å². The summed E-state index contributed by atoms with van der Waals surface area (Å²) in [5.74, 6) is 0.385. The maximum atomic E-state index is 14.7. The van der Waals surface area contributed by atoms with Crippen molar-refractivity contribution in [3.05, 3.63) is 81.5 Å². The summed E-state index contributed by atoms with van der Waals surface area (Å²) in [6, 6.07) is 1.66. The minimum absolute atomic E-state index is 0.128. The molecule has 30 heavy (non-hydrogen) atoms. The second-order valence-electron chi connectivity index (χ2n) is 9.35. The molecule has 3 heterocycles. The van der Waals surface area contributed by atoms with Gasteiger partial charge in [-0.2, -0.15) is 0 Å². The van der Waals surface area contributed by atoms with Crippen LogP contribution in [0, 0.1) is 12.7 Å². The second kappa shape index (κ2) is 6.16. The molecule has 6 rings (SSSR count). The first kappa shape index (κ1) is 18.1. The summed E-state index contributed by atoms with van der Waals surface area (Å²) in [5.41, 5.74) is 12.9. The van der Waals surface area contributed by atoms with Gasteiger partial charge in [0.1, 0.15) is 5.82 Å². The van der Waals surface area contributed by atoms with E-state index in [1.807, 2.05) is 6.92 Å². The number of allylic oxidation sites excluding steroid dienone is 4. The van der Waals surface area contributed by atoms with E-state index >= 15 is 0 Å². The standard InChI is InChI=1S/C27H27FN2/c1-5-17-7-9-19-15(3)22(28)12-23-26(19)25(17)21-13-30-16(4)20-8-6-14(2)10-18(20)11-24(30)27(21)29-23/h11-12,17H,2,4-10,13H2,1,3H3. The Labute approximate surface area is 177 Å². The van der Waals surface area contributed by atoms with Gasteiger partial charge in [0.25, 0.3) is 0 Å². The Hall–Kier alpha value is -2.68. The number of fused-ring (bicyclic) bond motifs is 4. The Morgan fingerprint density at radius 2 is 2.03 bits per heavy atom. The Balaban J connectivity index is 1.64. The molecule has 1 aromatic heterocycles. The van der Waals surface area contributed by atoms with Crippen LogP contribution in [0.4, 0.5) is 4.39 Å². The van der Waals surface area contributed by atoms with E-state index in [0.29, 0.717) is 5.92 Å². The zero-order valence-electron chi connectivity index (χ0n) is 17.9. The Bertz CT molecular complexity index is 1240. The zero-order chi connectivity index (χ0) is 20.7. The lowest BCUT2D eigenvalue weighted by Crippen LogP contribution is -2.22. The van der Waals surface area contributed by atoms with E-state index in [0.717, 1.165) is 73.2 Å². The quantitative estimate of drug-likeness (QED) is 0.489. The van der Waals surface area contributed by atoms with Crippen LogP contribution in [0.25, 0.3) is 16.6 Å². The van der Waals surface area contributed by atoms with Gasteiger partial charge in [0.05, 0.1) is 23.5 Å². The Kier molecular flexibility index (Phi) is 3.72. The molecule has 0 radical (unpaired) electrons. The molecular formula is C27H27FN2. The predicted octanol–water partition coefficient (Wildman–Crippen LogP) is 6.84. The molecular weight excluding hydrogens is 371 g/mol. The average Bonchev–Trinajstić information content (AvgIpc) is 3.10. The van der Waals surface area contributed by atoms with E-state index in [1.54, 1.807) is 6.07 Å². The van der Waals surface area contributed by atoms with Crippen LogP contribution in [0.2, 0.25) is 0 Å². The average molecular weight is 399 g/mol. The molecule has 2 aliphatic carbocycles. The number of aryl methyl sites for hydroxylation is 1. The fourth-order valence-corrected chi connectivity index (χ4v) is 6.13. The molecule has 1 atom stereocenters. The number of rotatable bonds is 1. The van der Waals surface area contributed by atoms with Gasteiger partial charge in [-0.1, -0.05) is 25.7 Å². The monoisotopic (exact) mass is 398 g/mol. The van der Waals surface area contributed by atoms with Crippen LogP contribution in [-0.2, 0) is 13.0 Å². The number of halogens is 1. The molecule has 3 heteroatoms. The summed E-state index contributed by atoms with van der Waals surface area (Å²) in [6.45, 7) is 13.7. The van der Waals surface area contributed by atoms with Gasteiger partial charge in [-0.05, 0) is 85.3 Å². The highest BCUT2D eigenvalue weighted by atomic mass is 19.1. The highest BCUT2D eigenvalue weighted by Gasteiger charge is 2.38. The summed E-state index contributed by atoms with van der Waals surface area (Å²) in [6.07, 6.45) is 8.46. The number of aromatic nitrogens is 1. The first-order chi connectivity index (χ1) is 14.5. The molecule has 0 saturated carbocycles. The van der Waals surface area contributed by atoms with Crippen molar-refractivity contribution in [3.8, 4) is 0 Å². The predicted molar refractivity (Wildman–Crippen MR) is 120 cm³/mol. The number of hydrogen-bond donors (Lipinski definition) is 0. The lowest BCUT2D eigenvalue weighted by atomic mass is 9.77. The van der Waals surface area contributed by atoms with E-state index in [2.05, 4.69) is 31.1 Å². The molecule has 1 aromatic carbocycles. The molecule has 0 bridgehead atoms. The number of nitrogens with zero attached hydrogens (tertiary/aromatic N) is 2. The van der Waals surface area contributed by atoms with Gasteiger partial charge >= 0.3 is 0 Å². The second-order valence-corrected chi connectivity index (χ2v) is 9.35. The van der Waals surface area contributed by atoms with Crippen LogP contribution in [0.5, 0.6) is 0 Å². The maximum absolute atomic E-state index is 14.7. The van der Waals surface area contributed by atoms with Gasteiger partial charge in [0, 0.05) is 22.7 Å². The number of hydrogen-bond acceptors (Lipinski definition) is 2. The SMILES string of the molecule is C=C1CCC2=C(C=C3c4nc5cc(F)c(C)c6c5c(c4CN3C2=C)C(CC)CC6)C1. The molecule has 0 amide bonds. The third-order valence-electron chi connectivity index (χ3n) is 7.78. The Morgan fingerprint density at radius 1 is 1.20 bits per heavy atom. The Morgan fingerprint density at radius 3 is 2.83 bits per heavy atom. The minimum Gasteiger partial charge on any atom is -0.335 e. The molecule has 0 spiro atoms. The van der Waals surface area contributed by atoms with Crippen LogP contribution in [0.1, 0.15) is 72.9 Å². The van der Waals surface area contributed by atoms with Crippen LogP contribution in [0.15, 0.2) is 47.7 Å². The summed E-state index contributed by atoms with van der Waals surface area (Å²) < 4.78 is 14.7. The van der Waals surface area contributed by atoms with Gasteiger partial charge in [0.15, 0.2) is 0 Å². The van der Waals surface area contributed by atoms with Gasteiger partial charge < -0.3 is 4.90 Å². The molecule has 0 N–H and O–H groups in total. The fraction of sp³-hybridized carbons (Fsp3) is 0.370. The lowest BCUT2D eigenvalue weighted by Gasteiger charge is -2.33. The third-order valence-corrected chi connectivity index (χ3v) is 7.78. The molecule has 152 valence electrons. The molecule has 2 nitrogen and oxygen atoms in total. The maximum Gasteiger partial charge on any atom is 0.128 e. The van der Waals surface area contributed by atoms with Crippen molar-refractivity contribution >= 4 is 16.6 Å². The van der Waals surface area contributed by atoms with Crippen molar-refractivity contribution < 1.29 is 4.39 Å². The molecule has 4 aliphatic rings. The largest absolute Gasteiger partial charge is 0.335 e. The third kappa shape index (κ3) is 2.26. The highest BCUT2D eigenvalue weighted by molar-refractivity contribution is 5.93. The van der Waals surface area contributed by atoms with Crippen LogP contribution in [-0.4, -0.2) is 9.88 Å². The first-order valence-corrected chi connectivity index (χ1v) is 11.2. The van der Waals surface area contributed by atoms with Crippen LogP contribution in [0.3, 0.4) is 0 Å². The van der Waals surface area contributed by atoms with Crippen molar-refractivity contribution in [2.45, 2.75) is 64.8 Å². The topological polar surface area (TPSA) is 16.1 Å².